The Balaban J connectivity index is 2.15. The van der Waals surface area contributed by atoms with Gasteiger partial charge < -0.3 is 15.4 Å². The van der Waals surface area contributed by atoms with Gasteiger partial charge in [0.25, 0.3) is 5.91 Å². The number of carbonyl (C=O) groups is 1. The number of fused-ring (bicyclic) bond motifs is 1. The van der Waals surface area contributed by atoms with Gasteiger partial charge in [-0.05, 0) is 24.8 Å². The minimum Gasteiger partial charge on any atom is -0.489 e. The fraction of sp³-hybridized carbons (Fsp3) is 0.500. The van der Waals surface area contributed by atoms with Crippen molar-refractivity contribution in [1.82, 2.24) is 5.32 Å². The maximum Gasteiger partial charge on any atom is 0.255 e. The van der Waals surface area contributed by atoms with Crippen LogP contribution in [0.5, 0.6) is 5.75 Å². The van der Waals surface area contributed by atoms with E-state index in [-0.39, 0.29) is 11.9 Å². The molecule has 5 heteroatoms. The van der Waals surface area contributed by atoms with Crippen LogP contribution in [0.15, 0.2) is 18.2 Å². The van der Waals surface area contributed by atoms with Crippen LogP contribution < -0.4 is 15.4 Å². The van der Waals surface area contributed by atoms with E-state index in [9.17, 15) is 4.79 Å². The second-order valence-corrected chi connectivity index (χ2v) is 5.40. The van der Waals surface area contributed by atoms with E-state index < -0.39 is 0 Å². The molecular weight excluding hydrogens is 260 g/mol. The number of anilines is 1. The second-order valence-electron chi connectivity index (χ2n) is 4.49. The molecule has 2 rings (SSSR count). The minimum atomic E-state index is -0.0542. The van der Waals surface area contributed by atoms with E-state index in [1.807, 2.05) is 24.5 Å². The quantitative estimate of drug-likeness (QED) is 0.869. The average Bonchev–Trinajstić information content (AvgIpc) is 2.46. The van der Waals surface area contributed by atoms with Gasteiger partial charge in [-0.1, -0.05) is 13.0 Å². The molecule has 0 spiro atoms. The molecular formula is C14H20N2O2S. The monoisotopic (exact) mass is 280 g/mol. The van der Waals surface area contributed by atoms with Gasteiger partial charge in [-0.25, -0.2) is 0 Å². The Labute approximate surface area is 118 Å². The number of carbonyl (C=O) groups excluding carboxylic acids is 1. The van der Waals surface area contributed by atoms with Crippen molar-refractivity contribution in [2.45, 2.75) is 19.4 Å². The van der Waals surface area contributed by atoms with Crippen LogP contribution in [0.3, 0.4) is 0 Å². The number of thioether (sulfide) groups is 1. The summed E-state index contributed by atoms with van der Waals surface area (Å²) < 4.78 is 5.62. The number of benzene rings is 1. The summed E-state index contributed by atoms with van der Waals surface area (Å²) in [6.45, 7) is 3.46. The standard InChI is InChI=1S/C14H20N2O2S/c1-3-10(9-19-2)16-14(17)11-5-4-6-12-13(11)18-8-7-15-12/h4-6,10,15H,3,7-9H2,1-2H3,(H,16,17). The van der Waals surface area contributed by atoms with Gasteiger partial charge in [-0.3, -0.25) is 4.79 Å². The molecule has 1 amide bonds. The number of nitrogens with one attached hydrogen (secondary N) is 2. The lowest BCUT2D eigenvalue weighted by atomic mass is 10.1. The van der Waals surface area contributed by atoms with Crippen molar-refractivity contribution in [3.8, 4) is 5.75 Å². The van der Waals surface area contributed by atoms with Crippen molar-refractivity contribution in [1.29, 1.82) is 0 Å². The van der Waals surface area contributed by atoms with Crippen molar-refractivity contribution in [2.75, 3.05) is 30.5 Å². The largest absolute Gasteiger partial charge is 0.489 e. The molecule has 0 bridgehead atoms. The van der Waals surface area contributed by atoms with Crippen molar-refractivity contribution in [3.63, 3.8) is 0 Å². The Morgan fingerprint density at radius 2 is 2.42 bits per heavy atom. The second kappa shape index (κ2) is 6.70. The molecule has 0 aromatic heterocycles. The van der Waals surface area contributed by atoms with E-state index in [0.717, 1.165) is 24.4 Å². The predicted molar refractivity (Wildman–Crippen MR) is 80.4 cm³/mol. The Morgan fingerprint density at radius 3 is 3.16 bits per heavy atom. The summed E-state index contributed by atoms with van der Waals surface area (Å²) in [6, 6.07) is 5.83. The molecule has 1 atom stereocenters. The smallest absolute Gasteiger partial charge is 0.255 e. The maximum atomic E-state index is 12.3. The highest BCUT2D eigenvalue weighted by atomic mass is 32.2. The van der Waals surface area contributed by atoms with Gasteiger partial charge in [0.1, 0.15) is 6.61 Å². The normalized spacial score (nSPS) is 14.8. The highest BCUT2D eigenvalue weighted by Crippen LogP contribution is 2.31. The molecule has 1 heterocycles. The molecule has 0 radical (unpaired) electrons. The summed E-state index contributed by atoms with van der Waals surface area (Å²) in [6.07, 6.45) is 2.98. The minimum absolute atomic E-state index is 0.0542. The molecule has 0 fully saturated rings. The van der Waals surface area contributed by atoms with Crippen LogP contribution in [0.25, 0.3) is 0 Å². The number of rotatable bonds is 5. The topological polar surface area (TPSA) is 50.4 Å². The first kappa shape index (κ1) is 14.1. The third-order valence-corrected chi connectivity index (χ3v) is 3.86. The summed E-state index contributed by atoms with van der Waals surface area (Å²) in [4.78, 5) is 12.3. The number of ether oxygens (including phenoxy) is 1. The number of amides is 1. The van der Waals surface area contributed by atoms with Crippen LogP contribution >= 0.6 is 11.8 Å². The highest BCUT2D eigenvalue weighted by molar-refractivity contribution is 7.98. The maximum absolute atomic E-state index is 12.3. The van der Waals surface area contributed by atoms with Crippen molar-refractivity contribution in [2.24, 2.45) is 0 Å². The number of hydrogen-bond donors (Lipinski definition) is 2. The van der Waals surface area contributed by atoms with E-state index in [4.69, 9.17) is 4.74 Å². The summed E-state index contributed by atoms with van der Waals surface area (Å²) in [7, 11) is 0. The molecule has 1 aliphatic rings. The van der Waals surface area contributed by atoms with Gasteiger partial charge >= 0.3 is 0 Å². The highest BCUT2D eigenvalue weighted by Gasteiger charge is 2.20. The number of para-hydroxylation sites is 1. The van der Waals surface area contributed by atoms with Gasteiger partial charge in [-0.15, -0.1) is 0 Å². The van der Waals surface area contributed by atoms with Gasteiger partial charge in [0, 0.05) is 18.3 Å². The van der Waals surface area contributed by atoms with Gasteiger partial charge in [-0.2, -0.15) is 11.8 Å². The number of hydrogen-bond acceptors (Lipinski definition) is 4. The molecule has 1 aromatic carbocycles. The van der Waals surface area contributed by atoms with Crippen LogP contribution in [0.1, 0.15) is 23.7 Å². The molecule has 1 aromatic rings. The molecule has 4 nitrogen and oxygen atoms in total. The summed E-state index contributed by atoms with van der Waals surface area (Å²) >= 11 is 1.74. The van der Waals surface area contributed by atoms with Gasteiger partial charge in [0.15, 0.2) is 5.75 Å². The third kappa shape index (κ3) is 3.35. The van der Waals surface area contributed by atoms with Crippen molar-refractivity contribution in [3.05, 3.63) is 23.8 Å². The third-order valence-electron chi connectivity index (χ3n) is 3.12. The van der Waals surface area contributed by atoms with Crippen molar-refractivity contribution < 1.29 is 9.53 Å². The zero-order valence-electron chi connectivity index (χ0n) is 11.4. The van der Waals surface area contributed by atoms with Crippen LogP contribution in [0.4, 0.5) is 5.69 Å². The van der Waals surface area contributed by atoms with E-state index >= 15 is 0 Å². The van der Waals surface area contributed by atoms with E-state index in [1.165, 1.54) is 0 Å². The van der Waals surface area contributed by atoms with Crippen LogP contribution in [0, 0.1) is 0 Å². The lowest BCUT2D eigenvalue weighted by Gasteiger charge is -2.22. The van der Waals surface area contributed by atoms with E-state index in [1.54, 1.807) is 11.8 Å². The van der Waals surface area contributed by atoms with Crippen molar-refractivity contribution >= 4 is 23.4 Å². The SMILES string of the molecule is CCC(CSC)NC(=O)c1cccc2c1OCCN2. The fourth-order valence-electron chi connectivity index (χ4n) is 2.08. The lowest BCUT2D eigenvalue weighted by molar-refractivity contribution is 0.0936. The Hall–Kier alpha value is -1.36. The molecule has 1 aliphatic heterocycles. The van der Waals surface area contributed by atoms with Crippen LogP contribution in [-0.2, 0) is 0 Å². The lowest BCUT2D eigenvalue weighted by Crippen LogP contribution is -2.36. The fourth-order valence-corrected chi connectivity index (χ4v) is 2.80. The molecule has 0 saturated carbocycles. The summed E-state index contributed by atoms with van der Waals surface area (Å²) in [5, 5.41) is 6.31. The first-order valence-electron chi connectivity index (χ1n) is 6.55. The van der Waals surface area contributed by atoms with Gasteiger partial charge in [0.2, 0.25) is 0 Å². The first-order valence-corrected chi connectivity index (χ1v) is 7.95. The molecule has 1 unspecified atom stereocenters. The zero-order chi connectivity index (χ0) is 13.7. The molecule has 0 aliphatic carbocycles. The molecule has 104 valence electrons. The average molecular weight is 280 g/mol. The van der Waals surface area contributed by atoms with E-state index in [0.29, 0.717) is 17.9 Å². The zero-order valence-corrected chi connectivity index (χ0v) is 12.2. The molecule has 19 heavy (non-hydrogen) atoms. The predicted octanol–water partition coefficient (Wildman–Crippen LogP) is 2.36. The molecule has 0 saturated heterocycles. The van der Waals surface area contributed by atoms with E-state index in [2.05, 4.69) is 17.6 Å². The van der Waals surface area contributed by atoms with Gasteiger partial charge in [0.05, 0.1) is 11.3 Å². The summed E-state index contributed by atoms with van der Waals surface area (Å²) in [5.74, 6) is 1.54. The molecule has 2 N–H and O–H groups in total. The Kier molecular flexibility index (Phi) is 4.96. The first-order chi connectivity index (χ1) is 9.26. The van der Waals surface area contributed by atoms with Crippen LogP contribution in [-0.4, -0.2) is 37.1 Å². The Bertz CT molecular complexity index is 451. The van der Waals surface area contributed by atoms with Crippen LogP contribution in [0.2, 0.25) is 0 Å². The Morgan fingerprint density at radius 1 is 1.58 bits per heavy atom. The summed E-state index contributed by atoms with van der Waals surface area (Å²) in [5.41, 5.74) is 1.51.